The number of hydrogen-bond donors (Lipinski definition) is 0. The smallest absolute Gasteiger partial charge is 0.344 e. The molecule has 1 heterocycles. The molecule has 0 saturated carbocycles. The average molecular weight is 370 g/mol. The molecule has 0 bridgehead atoms. The molecule has 0 aliphatic rings. The monoisotopic (exact) mass is 369 g/mol. The fraction of sp³-hybridized carbons (Fsp3) is 0.238. The van der Waals surface area contributed by atoms with Gasteiger partial charge >= 0.3 is 5.97 Å². The Hall–Kier alpha value is -2.59. The number of carbonyl (C=O) groups excluding carboxylic acids is 1. The highest BCUT2D eigenvalue weighted by atomic mass is 35.5. The highest BCUT2D eigenvalue weighted by molar-refractivity contribution is 6.34. The first-order valence-corrected chi connectivity index (χ1v) is 8.80. The van der Waals surface area contributed by atoms with E-state index in [1.54, 1.807) is 20.0 Å². The van der Waals surface area contributed by atoms with Gasteiger partial charge in [0, 0.05) is 28.6 Å². The summed E-state index contributed by atoms with van der Waals surface area (Å²) in [5.41, 5.74) is 3.67. The summed E-state index contributed by atoms with van der Waals surface area (Å²) in [5.74, 6) is -0.636. The van der Waals surface area contributed by atoms with Crippen LogP contribution in [-0.2, 0) is 11.8 Å². The molecule has 0 atom stereocenters. The minimum atomic E-state index is -0.636. The van der Waals surface area contributed by atoms with E-state index in [1.807, 2.05) is 44.2 Å². The van der Waals surface area contributed by atoms with E-state index in [-0.39, 0.29) is 12.2 Å². The average Bonchev–Trinajstić information content (AvgIpc) is 2.60. The lowest BCUT2D eigenvalue weighted by atomic mass is 9.93. The molecular weight excluding hydrogens is 350 g/mol. The Morgan fingerprint density at radius 1 is 1.15 bits per heavy atom. The van der Waals surface area contributed by atoms with E-state index >= 15 is 0 Å². The first-order chi connectivity index (χ1) is 12.4. The summed E-state index contributed by atoms with van der Waals surface area (Å²) in [5, 5.41) is 1.28. The van der Waals surface area contributed by atoms with Crippen molar-refractivity contribution in [3.05, 3.63) is 68.5 Å². The normalized spacial score (nSPS) is 11.0. The highest BCUT2D eigenvalue weighted by Crippen LogP contribution is 2.36. The summed E-state index contributed by atoms with van der Waals surface area (Å²) in [6.07, 6.45) is 0. The fourth-order valence-electron chi connectivity index (χ4n) is 3.13. The van der Waals surface area contributed by atoms with Gasteiger partial charge in [-0.15, -0.1) is 0 Å². The van der Waals surface area contributed by atoms with Crippen molar-refractivity contribution in [1.29, 1.82) is 0 Å². The largest absolute Gasteiger partial charge is 0.462 e. The third-order valence-electron chi connectivity index (χ3n) is 4.63. The van der Waals surface area contributed by atoms with Crippen LogP contribution in [0.25, 0.3) is 22.0 Å². The van der Waals surface area contributed by atoms with Crippen LogP contribution in [0.4, 0.5) is 0 Å². The zero-order valence-corrected chi connectivity index (χ0v) is 16.0. The first-order valence-electron chi connectivity index (χ1n) is 8.42. The van der Waals surface area contributed by atoms with Gasteiger partial charge in [0.1, 0.15) is 5.56 Å². The van der Waals surface area contributed by atoms with E-state index in [0.29, 0.717) is 16.1 Å². The van der Waals surface area contributed by atoms with Gasteiger partial charge in [0.15, 0.2) is 0 Å². The molecule has 3 rings (SSSR count). The number of pyridine rings is 1. The molecule has 5 heteroatoms. The van der Waals surface area contributed by atoms with Gasteiger partial charge < -0.3 is 9.30 Å². The van der Waals surface area contributed by atoms with Crippen LogP contribution in [0.3, 0.4) is 0 Å². The van der Waals surface area contributed by atoms with E-state index in [0.717, 1.165) is 22.0 Å². The van der Waals surface area contributed by atoms with Crippen molar-refractivity contribution < 1.29 is 9.53 Å². The summed E-state index contributed by atoms with van der Waals surface area (Å²) in [6.45, 7) is 5.90. The standard InChI is InChI=1S/C21H20ClNO3/c1-5-26-21(25)19-18(14-8-6-7-9-16(14)22)15-10-12(2)13(3)11-17(15)23(4)20(19)24/h6-11H,5H2,1-4H3. The van der Waals surface area contributed by atoms with E-state index in [9.17, 15) is 9.59 Å². The maximum atomic E-state index is 13.0. The van der Waals surface area contributed by atoms with Crippen LogP contribution in [0.15, 0.2) is 41.2 Å². The number of halogens is 1. The van der Waals surface area contributed by atoms with Crippen LogP contribution in [0.5, 0.6) is 0 Å². The Balaban J connectivity index is 2.57. The molecule has 0 unspecified atom stereocenters. The second-order valence-electron chi connectivity index (χ2n) is 6.27. The zero-order chi connectivity index (χ0) is 19.0. The molecule has 4 nitrogen and oxygen atoms in total. The molecule has 134 valence electrons. The quantitative estimate of drug-likeness (QED) is 0.631. The maximum Gasteiger partial charge on any atom is 0.344 e. The molecule has 0 radical (unpaired) electrons. The third kappa shape index (κ3) is 2.90. The van der Waals surface area contributed by atoms with Crippen LogP contribution >= 0.6 is 11.6 Å². The van der Waals surface area contributed by atoms with Gasteiger partial charge in [0.25, 0.3) is 5.56 Å². The van der Waals surface area contributed by atoms with Gasteiger partial charge in [-0.25, -0.2) is 4.79 Å². The Morgan fingerprint density at radius 2 is 1.81 bits per heavy atom. The van der Waals surface area contributed by atoms with E-state index < -0.39 is 11.5 Å². The topological polar surface area (TPSA) is 48.3 Å². The number of hydrogen-bond acceptors (Lipinski definition) is 3. The summed E-state index contributed by atoms with van der Waals surface area (Å²) in [7, 11) is 1.67. The van der Waals surface area contributed by atoms with Crippen molar-refractivity contribution in [2.45, 2.75) is 20.8 Å². The van der Waals surface area contributed by atoms with E-state index in [1.165, 1.54) is 4.57 Å². The number of aromatic nitrogens is 1. The van der Waals surface area contributed by atoms with Crippen LogP contribution in [0, 0.1) is 13.8 Å². The Morgan fingerprint density at radius 3 is 2.46 bits per heavy atom. The minimum Gasteiger partial charge on any atom is -0.462 e. The maximum absolute atomic E-state index is 13.0. The molecule has 0 aliphatic heterocycles. The number of rotatable bonds is 3. The number of fused-ring (bicyclic) bond motifs is 1. The second kappa shape index (κ2) is 6.96. The molecule has 1 aromatic heterocycles. The second-order valence-corrected chi connectivity index (χ2v) is 6.68. The lowest BCUT2D eigenvalue weighted by Crippen LogP contribution is -2.27. The van der Waals surface area contributed by atoms with Crippen molar-refractivity contribution in [1.82, 2.24) is 4.57 Å². The lowest BCUT2D eigenvalue weighted by molar-refractivity contribution is 0.0525. The first kappa shape index (κ1) is 18.2. The van der Waals surface area contributed by atoms with Crippen molar-refractivity contribution >= 4 is 28.5 Å². The fourth-order valence-corrected chi connectivity index (χ4v) is 3.36. The van der Waals surface area contributed by atoms with Gasteiger partial charge in [0.2, 0.25) is 0 Å². The molecule has 0 amide bonds. The Labute approximate surface area is 157 Å². The van der Waals surface area contributed by atoms with Crippen LogP contribution in [0.1, 0.15) is 28.4 Å². The number of aryl methyl sites for hydroxylation is 3. The summed E-state index contributed by atoms with van der Waals surface area (Å²) < 4.78 is 6.67. The minimum absolute atomic E-state index is 0.0122. The van der Waals surface area contributed by atoms with Gasteiger partial charge in [-0.1, -0.05) is 29.8 Å². The SMILES string of the molecule is CCOC(=O)c1c(-c2ccccc2Cl)c2cc(C)c(C)cc2n(C)c1=O. The number of ether oxygens (including phenoxy) is 1. The van der Waals surface area contributed by atoms with Crippen molar-refractivity contribution in [2.24, 2.45) is 7.05 Å². The number of benzene rings is 2. The number of carbonyl (C=O) groups is 1. The summed E-state index contributed by atoms with van der Waals surface area (Å²) >= 11 is 6.42. The van der Waals surface area contributed by atoms with Gasteiger partial charge in [-0.3, -0.25) is 4.79 Å². The molecule has 26 heavy (non-hydrogen) atoms. The highest BCUT2D eigenvalue weighted by Gasteiger charge is 2.25. The lowest BCUT2D eigenvalue weighted by Gasteiger charge is -2.17. The van der Waals surface area contributed by atoms with Crippen LogP contribution in [0.2, 0.25) is 5.02 Å². The van der Waals surface area contributed by atoms with Gasteiger partial charge in [-0.2, -0.15) is 0 Å². The van der Waals surface area contributed by atoms with Crippen molar-refractivity contribution in [3.63, 3.8) is 0 Å². The van der Waals surface area contributed by atoms with Crippen molar-refractivity contribution in [2.75, 3.05) is 6.61 Å². The van der Waals surface area contributed by atoms with Gasteiger partial charge in [-0.05, 0) is 50.1 Å². The van der Waals surface area contributed by atoms with Crippen molar-refractivity contribution in [3.8, 4) is 11.1 Å². The van der Waals surface area contributed by atoms with E-state index in [2.05, 4.69) is 0 Å². The molecule has 0 fully saturated rings. The molecule has 3 aromatic rings. The molecular formula is C21H20ClNO3. The molecule has 2 aromatic carbocycles. The molecule has 0 saturated heterocycles. The molecule has 0 aliphatic carbocycles. The zero-order valence-electron chi connectivity index (χ0n) is 15.2. The van der Waals surface area contributed by atoms with Crippen LogP contribution < -0.4 is 5.56 Å². The Kier molecular flexibility index (Phi) is 4.88. The predicted molar refractivity (Wildman–Crippen MR) is 105 cm³/mol. The molecule has 0 spiro atoms. The number of esters is 1. The molecule has 0 N–H and O–H groups in total. The van der Waals surface area contributed by atoms with Gasteiger partial charge in [0.05, 0.1) is 12.1 Å². The third-order valence-corrected chi connectivity index (χ3v) is 4.96. The summed E-state index contributed by atoms with van der Waals surface area (Å²) in [4.78, 5) is 25.7. The Bertz CT molecular complexity index is 1080. The van der Waals surface area contributed by atoms with E-state index in [4.69, 9.17) is 16.3 Å². The van der Waals surface area contributed by atoms with Crippen LogP contribution in [-0.4, -0.2) is 17.1 Å². The number of nitrogens with zero attached hydrogens (tertiary/aromatic N) is 1. The predicted octanol–water partition coefficient (Wildman–Crippen LogP) is 4.65. The summed E-state index contributed by atoms with van der Waals surface area (Å²) in [6, 6.07) is 11.2.